The third-order valence-electron chi connectivity index (χ3n) is 20.3. The molecule has 1 heterocycles. The summed E-state index contributed by atoms with van der Waals surface area (Å²) in [7, 11) is 0. The summed E-state index contributed by atoms with van der Waals surface area (Å²) in [4.78, 5) is 272. The van der Waals surface area contributed by atoms with E-state index in [1.165, 1.54) is 123 Å². The number of amides is 20. The number of rotatable bonds is 50. The number of hydrogen-bond acceptors (Lipinski definition) is 22. The van der Waals surface area contributed by atoms with Crippen LogP contribution in [0.15, 0.2) is 0 Å². The second-order valence-corrected chi connectivity index (χ2v) is 37.1. The van der Waals surface area contributed by atoms with E-state index in [0.717, 1.165) is 0 Å². The van der Waals surface area contributed by atoms with Gasteiger partial charge in [-0.2, -0.15) is 0 Å². The van der Waals surface area contributed by atoms with Gasteiger partial charge in [0.2, 0.25) is 118 Å². The molecule has 10 atom stereocenters. The van der Waals surface area contributed by atoms with Crippen LogP contribution in [0.4, 0.5) is 0 Å². The van der Waals surface area contributed by atoms with Crippen LogP contribution in [0.3, 0.4) is 0 Å². The molecule has 0 spiro atoms. The molecule has 20 amide bonds. The number of nitrogens with two attached hydrogens (primary N) is 2. The molecule has 0 radical (unpaired) electrons. The zero-order valence-electron chi connectivity index (χ0n) is 76.6. The Labute approximate surface area is 721 Å². The lowest BCUT2D eigenvalue weighted by Crippen LogP contribution is -2.66. The second-order valence-electron chi connectivity index (χ2n) is 37.1. The Hall–Kier alpha value is -10.7. The van der Waals surface area contributed by atoms with Crippen LogP contribution in [0.1, 0.15) is 244 Å². The SMILES string of the molecule is CCC(C)(NC(=O)CNC(=O)C(C)(C)NC(=O)C(NC(=O)C(C)(C)NC(=O)C(CCC(N)=O)NC(=O)C(C)(C)NC(=O)C(CC(C)C)NC(=O)C(C)NC(=O)C(CO)NC(=O)C(C)(C)NC(C)=O)C(C)C)C(=O)NC(C)(C)C(=O)N1CCCC1C(=O)NC(CC(C)C)C(=O)NC(C)(C)C(=O)NC(C)(C)C(=O)NC(CCC(N)=O)C(=O)NC(CO)CC(C)C. The number of aliphatic hydroxyl groups is 2. The highest BCUT2D eigenvalue weighted by molar-refractivity contribution is 6.04. The van der Waals surface area contributed by atoms with Crippen LogP contribution in [0.25, 0.3) is 0 Å². The van der Waals surface area contributed by atoms with Crippen LogP contribution in [0.2, 0.25) is 0 Å². The minimum Gasteiger partial charge on any atom is -0.394 e. The number of aliphatic hydroxyl groups excluding tert-OH is 2. The van der Waals surface area contributed by atoms with E-state index in [-0.39, 0.29) is 62.8 Å². The maximum atomic E-state index is 14.5. The molecular weight excluding hydrogens is 1610 g/mol. The van der Waals surface area contributed by atoms with Crippen molar-refractivity contribution in [1.29, 1.82) is 0 Å². The fourth-order valence-corrected chi connectivity index (χ4v) is 12.5. The van der Waals surface area contributed by atoms with Gasteiger partial charge in [-0.25, -0.2) is 0 Å². The molecule has 0 aromatic carbocycles. The van der Waals surface area contributed by atoms with Gasteiger partial charge in [0.15, 0.2) is 0 Å². The third-order valence-corrected chi connectivity index (χ3v) is 20.3. The Kier molecular flexibility index (Phi) is 41.9. The van der Waals surface area contributed by atoms with Crippen LogP contribution < -0.4 is 102 Å². The van der Waals surface area contributed by atoms with Gasteiger partial charge in [0.25, 0.3) is 0 Å². The van der Waals surface area contributed by atoms with E-state index in [1.54, 1.807) is 48.5 Å². The Balaban J connectivity index is 3.22. The predicted octanol–water partition coefficient (Wildman–Crippen LogP) is -4.13. The predicted molar refractivity (Wildman–Crippen MR) is 451 cm³/mol. The quantitative estimate of drug-likeness (QED) is 0.0275. The smallest absolute Gasteiger partial charge is 0.248 e. The number of carbonyl (C=O) groups excluding carboxylic acids is 20. The molecule has 1 saturated heterocycles. The maximum absolute atomic E-state index is 14.5. The molecule has 1 fully saturated rings. The number of carbonyl (C=O) groups is 20. The van der Waals surface area contributed by atoms with Crippen molar-refractivity contribution in [3.8, 4) is 0 Å². The summed E-state index contributed by atoms with van der Waals surface area (Å²) in [6.07, 6.45) is -0.472. The van der Waals surface area contributed by atoms with E-state index < -0.39 is 255 Å². The van der Waals surface area contributed by atoms with Crippen LogP contribution in [0, 0.1) is 23.7 Å². The Morgan fingerprint density at radius 3 is 1.21 bits per heavy atom. The minimum absolute atomic E-state index is 0.00150. The van der Waals surface area contributed by atoms with Crippen molar-refractivity contribution in [2.45, 2.75) is 343 Å². The highest BCUT2D eigenvalue weighted by atomic mass is 16.3. The first-order chi connectivity index (χ1) is 56.1. The van der Waals surface area contributed by atoms with Crippen molar-refractivity contribution in [2.24, 2.45) is 35.1 Å². The Bertz CT molecular complexity index is 3850. The van der Waals surface area contributed by atoms with Gasteiger partial charge in [0.1, 0.15) is 92.6 Å². The van der Waals surface area contributed by atoms with Crippen LogP contribution in [0.5, 0.6) is 0 Å². The molecule has 0 aromatic rings. The zero-order valence-corrected chi connectivity index (χ0v) is 76.6. The van der Waals surface area contributed by atoms with Crippen molar-refractivity contribution in [2.75, 3.05) is 26.3 Å². The Morgan fingerprint density at radius 2 is 0.780 bits per heavy atom. The summed E-state index contributed by atoms with van der Waals surface area (Å²) in [5, 5.41) is 63.0. The lowest BCUT2D eigenvalue weighted by Gasteiger charge is -2.37. The first kappa shape index (κ1) is 110. The minimum atomic E-state index is -1.90. The highest BCUT2D eigenvalue weighted by Crippen LogP contribution is 2.25. The molecule has 0 aromatic heterocycles. The first-order valence-corrected chi connectivity index (χ1v) is 41.5. The summed E-state index contributed by atoms with van der Waals surface area (Å²) >= 11 is 0. The van der Waals surface area contributed by atoms with Crippen molar-refractivity contribution >= 4 is 118 Å². The molecule has 42 nitrogen and oxygen atoms in total. The molecule has 1 aliphatic rings. The summed E-state index contributed by atoms with van der Waals surface area (Å²) < 4.78 is 0. The molecule has 42 heteroatoms. The molecule has 10 unspecified atom stereocenters. The summed E-state index contributed by atoms with van der Waals surface area (Å²) in [6.45, 7) is 35.9. The van der Waals surface area contributed by atoms with Gasteiger partial charge in [0, 0.05) is 26.3 Å². The average Bonchev–Trinajstić information content (AvgIpc) is 1.75. The molecule has 0 bridgehead atoms. The largest absolute Gasteiger partial charge is 0.394 e. The molecule has 1 rings (SSSR count). The summed E-state index contributed by atoms with van der Waals surface area (Å²) in [5.74, 6) is -17.9. The van der Waals surface area contributed by atoms with Gasteiger partial charge in [-0.15, -0.1) is 0 Å². The fraction of sp³-hybridized carbons (Fsp3) is 0.753. The van der Waals surface area contributed by atoms with Gasteiger partial charge in [-0.05, 0) is 186 Å². The van der Waals surface area contributed by atoms with Gasteiger partial charge in [-0.3, -0.25) is 95.9 Å². The monoisotopic (exact) mass is 1750 g/mol. The molecular formula is C81H142N20O22. The van der Waals surface area contributed by atoms with E-state index in [9.17, 15) is 106 Å². The molecule has 0 aliphatic carbocycles. The third kappa shape index (κ3) is 35.6. The van der Waals surface area contributed by atoms with Crippen LogP contribution >= 0.6 is 0 Å². The first-order valence-electron chi connectivity index (χ1n) is 41.5. The van der Waals surface area contributed by atoms with Crippen LogP contribution in [-0.2, 0) is 95.9 Å². The molecule has 1 aliphatic heterocycles. The average molecular weight is 1750 g/mol. The Morgan fingerprint density at radius 1 is 0.390 bits per heavy atom. The maximum Gasteiger partial charge on any atom is 0.248 e. The molecule has 23 N–H and O–H groups in total. The van der Waals surface area contributed by atoms with Gasteiger partial charge in [0.05, 0.1) is 25.8 Å². The second kappa shape index (κ2) is 46.7. The van der Waals surface area contributed by atoms with E-state index in [4.69, 9.17) is 11.5 Å². The highest BCUT2D eigenvalue weighted by Gasteiger charge is 2.48. The number of hydrogen-bond donors (Lipinski definition) is 21. The molecule has 123 heavy (non-hydrogen) atoms. The van der Waals surface area contributed by atoms with Gasteiger partial charge in [-0.1, -0.05) is 62.3 Å². The van der Waals surface area contributed by atoms with Crippen LogP contribution in [-0.4, -0.2) is 258 Å². The van der Waals surface area contributed by atoms with Gasteiger partial charge < -0.3 is 117 Å². The fourth-order valence-electron chi connectivity index (χ4n) is 12.5. The van der Waals surface area contributed by atoms with Crippen molar-refractivity contribution < 1.29 is 106 Å². The number of primary amides is 2. The van der Waals surface area contributed by atoms with E-state index >= 15 is 0 Å². The van der Waals surface area contributed by atoms with Crippen molar-refractivity contribution in [1.82, 2.24) is 95.3 Å². The molecule has 0 saturated carbocycles. The van der Waals surface area contributed by atoms with E-state index in [1.807, 2.05) is 13.8 Å². The summed E-state index contributed by atoms with van der Waals surface area (Å²) in [5.41, 5.74) is -3.26. The normalized spacial score (nSPS) is 15.8. The van der Waals surface area contributed by atoms with Crippen molar-refractivity contribution in [3.05, 3.63) is 0 Å². The van der Waals surface area contributed by atoms with Crippen molar-refractivity contribution in [3.63, 3.8) is 0 Å². The lowest BCUT2D eigenvalue weighted by molar-refractivity contribution is -0.146. The topological polar surface area (TPSA) is 642 Å². The zero-order chi connectivity index (χ0) is 95.6. The standard InChI is InChI=1S/C81H142N20O22/c1-27-81(26,72(122)100-80(24,25)73(123)101-34-28-29-53(101)64(114)88-51(37-43(6)7)63(113)97-79(22,23)71(121)99-78(20,21)69(119)89-48(30-32-54(82)105)59(109)86-47(39-102)35-41(2)3)94-56(107)38-84-66(116)74(12,13)98-65(115)57(44(8)9)92-70(120)77(18,19)95-61(111)49(31-33-55(83)106)90-68(118)76(16,17)96-62(112)50(36-42(4)5)87-58(108)45(10)85-60(110)52(40-103)91-67(117)75(14,15)93-46(11)104/h41-45,47-53,57,102-103H,27-40H2,1-26H3,(H2,82,105)(H2,83,106)(H,84,116)(H,85,110)(H,86,109)(H,87,108)(H,88,114)(H,89,119)(H,90,118)(H,91,117)(H,92,120)(H,93,104)(H,94,107)(H,95,111)(H,96,112)(H,97,113)(H,98,115)(H,99,121)(H,100,122). The molecule has 698 valence electrons. The number of nitrogens with one attached hydrogen (secondary N) is 17. The number of likely N-dealkylation sites (tertiary alicyclic amines) is 1. The number of nitrogens with zero attached hydrogens (tertiary/aromatic N) is 1. The van der Waals surface area contributed by atoms with E-state index in [0.29, 0.717) is 12.8 Å². The van der Waals surface area contributed by atoms with E-state index in [2.05, 4.69) is 90.4 Å². The summed E-state index contributed by atoms with van der Waals surface area (Å²) in [6, 6.07) is -11.7. The lowest BCUT2D eigenvalue weighted by atomic mass is 9.94. The van der Waals surface area contributed by atoms with Gasteiger partial charge >= 0.3 is 0 Å².